The maximum Gasteiger partial charge on any atom is 0.101 e. The average Bonchev–Trinajstić information content (AvgIpc) is 2.67. The molecule has 0 saturated heterocycles. The molecule has 0 aliphatic rings. The minimum Gasteiger partial charge on any atom is -0.385 e. The number of ether oxygens (including phenoxy) is 3. The van der Waals surface area contributed by atoms with Crippen LogP contribution < -0.4 is 5.73 Å². The minimum absolute atomic E-state index is 0.256. The fourth-order valence-electron chi connectivity index (χ4n) is 2.81. The first-order chi connectivity index (χ1) is 12.5. The van der Waals surface area contributed by atoms with E-state index in [1.807, 2.05) is 50.2 Å². The summed E-state index contributed by atoms with van der Waals surface area (Å²) in [5.74, 6) is 0. The second-order valence-corrected chi connectivity index (χ2v) is 6.95. The third kappa shape index (κ3) is 6.22. The molecule has 4 heteroatoms. The molecular weight excluding hydrogens is 326 g/mol. The molecular formula is C22H31NO3. The summed E-state index contributed by atoms with van der Waals surface area (Å²) in [5, 5.41) is 0. The van der Waals surface area contributed by atoms with Gasteiger partial charge in [-0.15, -0.1) is 0 Å². The Balaban J connectivity index is 2.09. The molecule has 4 nitrogen and oxygen atoms in total. The molecule has 0 aliphatic heterocycles. The third-order valence-electron chi connectivity index (χ3n) is 4.50. The van der Waals surface area contributed by atoms with Gasteiger partial charge in [0.25, 0.3) is 0 Å². The Morgan fingerprint density at radius 3 is 2.15 bits per heavy atom. The predicted octanol–water partition coefficient (Wildman–Crippen LogP) is 4.10. The molecule has 2 aromatic rings. The molecule has 0 saturated carbocycles. The SMILES string of the molecule is COCCCOC(C)(C)C(N)C(OCc1ccccc1)c1ccccc1. The Bertz CT molecular complexity index is 616. The molecule has 2 N–H and O–H groups in total. The fraction of sp³-hybridized carbons (Fsp3) is 0.455. The van der Waals surface area contributed by atoms with E-state index in [-0.39, 0.29) is 12.1 Å². The number of benzene rings is 2. The lowest BCUT2D eigenvalue weighted by Crippen LogP contribution is -2.50. The summed E-state index contributed by atoms with van der Waals surface area (Å²) < 4.78 is 17.4. The first kappa shape index (κ1) is 20.6. The summed E-state index contributed by atoms with van der Waals surface area (Å²) in [5.41, 5.74) is 8.29. The van der Waals surface area contributed by atoms with E-state index >= 15 is 0 Å². The van der Waals surface area contributed by atoms with Crippen LogP contribution in [-0.2, 0) is 20.8 Å². The van der Waals surface area contributed by atoms with Gasteiger partial charge in [-0.25, -0.2) is 0 Å². The quantitative estimate of drug-likeness (QED) is 0.615. The van der Waals surface area contributed by atoms with Crippen LogP contribution in [0.1, 0.15) is 37.5 Å². The van der Waals surface area contributed by atoms with E-state index in [0.29, 0.717) is 19.8 Å². The highest BCUT2D eigenvalue weighted by Crippen LogP contribution is 2.29. The number of methoxy groups -OCH3 is 1. The summed E-state index contributed by atoms with van der Waals surface area (Å²) in [7, 11) is 1.69. The van der Waals surface area contributed by atoms with Crippen molar-refractivity contribution in [1.82, 2.24) is 0 Å². The molecule has 2 unspecified atom stereocenters. The van der Waals surface area contributed by atoms with Crippen molar-refractivity contribution in [3.63, 3.8) is 0 Å². The van der Waals surface area contributed by atoms with Crippen LogP contribution >= 0.6 is 0 Å². The van der Waals surface area contributed by atoms with Crippen LogP contribution in [0.4, 0.5) is 0 Å². The zero-order valence-electron chi connectivity index (χ0n) is 16.1. The molecule has 26 heavy (non-hydrogen) atoms. The molecule has 0 aromatic heterocycles. The molecule has 0 radical (unpaired) electrons. The van der Waals surface area contributed by atoms with Gasteiger partial charge in [0.15, 0.2) is 0 Å². The highest BCUT2D eigenvalue weighted by atomic mass is 16.5. The molecule has 142 valence electrons. The van der Waals surface area contributed by atoms with Crippen LogP contribution in [0.15, 0.2) is 60.7 Å². The highest BCUT2D eigenvalue weighted by molar-refractivity contribution is 5.21. The van der Waals surface area contributed by atoms with Crippen molar-refractivity contribution in [1.29, 1.82) is 0 Å². The van der Waals surface area contributed by atoms with Crippen molar-refractivity contribution in [3.8, 4) is 0 Å². The molecule has 0 heterocycles. The summed E-state index contributed by atoms with van der Waals surface area (Å²) in [4.78, 5) is 0. The summed E-state index contributed by atoms with van der Waals surface area (Å²) >= 11 is 0. The van der Waals surface area contributed by atoms with Crippen LogP contribution in [0.25, 0.3) is 0 Å². The lowest BCUT2D eigenvalue weighted by molar-refractivity contribution is -0.0901. The first-order valence-electron chi connectivity index (χ1n) is 9.13. The Morgan fingerprint density at radius 1 is 0.923 bits per heavy atom. The van der Waals surface area contributed by atoms with Gasteiger partial charge < -0.3 is 19.9 Å². The van der Waals surface area contributed by atoms with Crippen LogP contribution in [0.2, 0.25) is 0 Å². The zero-order valence-corrected chi connectivity index (χ0v) is 16.1. The van der Waals surface area contributed by atoms with Crippen molar-refractivity contribution in [2.75, 3.05) is 20.3 Å². The Kier molecular flexibility index (Phi) is 8.26. The van der Waals surface area contributed by atoms with Gasteiger partial charge >= 0.3 is 0 Å². The van der Waals surface area contributed by atoms with Gasteiger partial charge in [0, 0.05) is 20.3 Å². The van der Waals surface area contributed by atoms with Crippen molar-refractivity contribution in [3.05, 3.63) is 71.8 Å². The highest BCUT2D eigenvalue weighted by Gasteiger charge is 2.35. The maximum absolute atomic E-state index is 6.63. The normalized spacial score (nSPS) is 14.2. The summed E-state index contributed by atoms with van der Waals surface area (Å²) in [6.07, 6.45) is 0.585. The van der Waals surface area contributed by atoms with Gasteiger partial charge in [0.05, 0.1) is 18.2 Å². The zero-order chi connectivity index (χ0) is 18.8. The van der Waals surface area contributed by atoms with Crippen LogP contribution in [0.3, 0.4) is 0 Å². The monoisotopic (exact) mass is 357 g/mol. The maximum atomic E-state index is 6.63. The van der Waals surface area contributed by atoms with Crippen molar-refractivity contribution in [2.45, 2.75) is 44.6 Å². The number of rotatable bonds is 11. The summed E-state index contributed by atoms with van der Waals surface area (Å²) in [6.45, 7) is 5.83. The number of hydrogen-bond donors (Lipinski definition) is 1. The van der Waals surface area contributed by atoms with Crippen molar-refractivity contribution in [2.24, 2.45) is 5.73 Å². The molecule has 0 bridgehead atoms. The van der Waals surface area contributed by atoms with Crippen LogP contribution in [0, 0.1) is 0 Å². The minimum atomic E-state index is -0.523. The van der Waals surface area contributed by atoms with Gasteiger partial charge in [-0.05, 0) is 31.4 Å². The van der Waals surface area contributed by atoms with E-state index in [2.05, 4.69) is 24.3 Å². The van der Waals surface area contributed by atoms with E-state index in [1.54, 1.807) is 7.11 Å². The van der Waals surface area contributed by atoms with Crippen LogP contribution in [0.5, 0.6) is 0 Å². The Morgan fingerprint density at radius 2 is 1.54 bits per heavy atom. The van der Waals surface area contributed by atoms with E-state index < -0.39 is 5.60 Å². The molecule has 2 rings (SSSR count). The van der Waals surface area contributed by atoms with Crippen molar-refractivity contribution < 1.29 is 14.2 Å². The van der Waals surface area contributed by atoms with E-state index in [4.69, 9.17) is 19.9 Å². The largest absolute Gasteiger partial charge is 0.385 e. The molecule has 0 fully saturated rings. The Hall–Kier alpha value is -1.72. The summed E-state index contributed by atoms with van der Waals surface area (Å²) in [6, 6.07) is 19.9. The standard InChI is InChI=1S/C22H31NO3/c1-22(2,26-16-10-15-24-3)21(23)20(19-13-8-5-9-14-19)25-17-18-11-6-4-7-12-18/h4-9,11-14,20-21H,10,15-17,23H2,1-3H3. The second kappa shape index (κ2) is 10.4. The van der Waals surface area contributed by atoms with Gasteiger partial charge in [-0.3, -0.25) is 0 Å². The Labute approximate surface area is 157 Å². The van der Waals surface area contributed by atoms with Gasteiger partial charge in [-0.2, -0.15) is 0 Å². The second-order valence-electron chi connectivity index (χ2n) is 6.95. The third-order valence-corrected chi connectivity index (χ3v) is 4.50. The predicted molar refractivity (Wildman–Crippen MR) is 105 cm³/mol. The lowest BCUT2D eigenvalue weighted by atomic mass is 9.90. The molecule has 0 aliphatic carbocycles. The molecule has 2 atom stereocenters. The van der Waals surface area contributed by atoms with Gasteiger partial charge in [0.2, 0.25) is 0 Å². The lowest BCUT2D eigenvalue weighted by Gasteiger charge is -2.37. The molecule has 0 spiro atoms. The van der Waals surface area contributed by atoms with Gasteiger partial charge in [0.1, 0.15) is 6.10 Å². The average molecular weight is 357 g/mol. The van der Waals surface area contributed by atoms with Gasteiger partial charge in [-0.1, -0.05) is 60.7 Å². The first-order valence-corrected chi connectivity index (χ1v) is 9.13. The topological polar surface area (TPSA) is 53.7 Å². The van der Waals surface area contributed by atoms with Crippen molar-refractivity contribution >= 4 is 0 Å². The van der Waals surface area contributed by atoms with E-state index in [9.17, 15) is 0 Å². The van der Waals surface area contributed by atoms with E-state index in [1.165, 1.54) is 0 Å². The number of nitrogens with two attached hydrogens (primary N) is 1. The van der Waals surface area contributed by atoms with Crippen LogP contribution in [-0.4, -0.2) is 32.0 Å². The fourth-order valence-corrected chi connectivity index (χ4v) is 2.81. The van der Waals surface area contributed by atoms with E-state index in [0.717, 1.165) is 17.5 Å². The molecule has 2 aromatic carbocycles. The molecule has 0 amide bonds. The number of hydrogen-bond acceptors (Lipinski definition) is 4. The smallest absolute Gasteiger partial charge is 0.101 e.